The van der Waals surface area contributed by atoms with Crippen LogP contribution in [0.5, 0.6) is 5.75 Å². The van der Waals surface area contributed by atoms with Crippen molar-refractivity contribution in [2.45, 2.75) is 45.5 Å². The van der Waals surface area contributed by atoms with E-state index in [1.54, 1.807) is 0 Å². The lowest BCUT2D eigenvalue weighted by Gasteiger charge is -2.29. The molecule has 2 rings (SSSR count). The van der Waals surface area contributed by atoms with Crippen molar-refractivity contribution < 1.29 is 14.2 Å². The lowest BCUT2D eigenvalue weighted by molar-refractivity contribution is -0.236. The highest BCUT2D eigenvalue weighted by molar-refractivity contribution is 5.28. The molecule has 2 atom stereocenters. The fourth-order valence-corrected chi connectivity index (χ4v) is 1.78. The zero-order chi connectivity index (χ0) is 13.0. The first-order valence-corrected chi connectivity index (χ1v) is 6.65. The Labute approximate surface area is 109 Å². The number of hydrogen-bond donors (Lipinski definition) is 0. The van der Waals surface area contributed by atoms with Crippen molar-refractivity contribution in [2.75, 3.05) is 13.2 Å². The molecule has 0 radical (unpaired) electrons. The molecule has 3 nitrogen and oxygen atoms in total. The van der Waals surface area contributed by atoms with Crippen LogP contribution in [0.3, 0.4) is 0 Å². The van der Waals surface area contributed by atoms with Crippen molar-refractivity contribution in [3.8, 4) is 5.75 Å². The molecule has 1 aliphatic rings. The highest BCUT2D eigenvalue weighted by atomic mass is 16.7. The predicted octanol–water partition coefficient (Wildman–Crippen LogP) is 3.34. The Morgan fingerprint density at radius 3 is 2.39 bits per heavy atom. The van der Waals surface area contributed by atoms with Crippen LogP contribution in [0.2, 0.25) is 0 Å². The Hall–Kier alpha value is -1.06. The smallest absolute Gasteiger partial charge is 0.160 e. The highest BCUT2D eigenvalue weighted by Gasteiger charge is 2.21. The molecule has 3 heteroatoms. The summed E-state index contributed by atoms with van der Waals surface area (Å²) in [6.07, 6.45) is 1.03. The fraction of sp³-hybridized carbons (Fsp3) is 0.600. The van der Waals surface area contributed by atoms with Gasteiger partial charge in [0, 0.05) is 6.42 Å². The minimum atomic E-state index is -0.0214. The van der Waals surface area contributed by atoms with Crippen molar-refractivity contribution >= 4 is 0 Å². The standard InChI is InChI=1S/C15H22O3/c1-11(2)13-4-6-14(7-5-13)17-10-12(3)18-15-8-9-16-15/h4-7,11-12,15H,8-10H2,1-3H3. The molecule has 1 heterocycles. The molecule has 0 amide bonds. The van der Waals surface area contributed by atoms with E-state index >= 15 is 0 Å². The van der Waals surface area contributed by atoms with Gasteiger partial charge in [-0.2, -0.15) is 0 Å². The molecule has 0 aromatic heterocycles. The molecular weight excluding hydrogens is 228 g/mol. The summed E-state index contributed by atoms with van der Waals surface area (Å²) in [5.74, 6) is 1.45. The quantitative estimate of drug-likeness (QED) is 0.775. The van der Waals surface area contributed by atoms with E-state index in [1.165, 1.54) is 5.56 Å². The number of benzene rings is 1. The van der Waals surface area contributed by atoms with E-state index in [9.17, 15) is 0 Å². The monoisotopic (exact) mass is 250 g/mol. The molecule has 1 saturated heterocycles. The fourth-order valence-electron chi connectivity index (χ4n) is 1.78. The average molecular weight is 250 g/mol. The second kappa shape index (κ2) is 6.21. The average Bonchev–Trinajstić information content (AvgIpc) is 2.32. The van der Waals surface area contributed by atoms with Gasteiger partial charge in [-0.15, -0.1) is 0 Å². The highest BCUT2D eigenvalue weighted by Crippen LogP contribution is 2.19. The van der Waals surface area contributed by atoms with E-state index in [0.29, 0.717) is 12.5 Å². The topological polar surface area (TPSA) is 27.7 Å². The van der Waals surface area contributed by atoms with Gasteiger partial charge in [-0.3, -0.25) is 0 Å². The normalized spacial score (nSPS) is 20.6. The van der Waals surface area contributed by atoms with Gasteiger partial charge in [0.25, 0.3) is 0 Å². The number of ether oxygens (including phenoxy) is 3. The molecular formula is C15H22O3. The Kier molecular flexibility index (Phi) is 4.61. The summed E-state index contributed by atoms with van der Waals surface area (Å²) < 4.78 is 16.5. The van der Waals surface area contributed by atoms with Crippen LogP contribution in [0, 0.1) is 0 Å². The maximum absolute atomic E-state index is 5.69. The van der Waals surface area contributed by atoms with E-state index < -0.39 is 0 Å². The van der Waals surface area contributed by atoms with Gasteiger partial charge < -0.3 is 14.2 Å². The molecule has 1 aliphatic heterocycles. The minimum Gasteiger partial charge on any atom is -0.491 e. The van der Waals surface area contributed by atoms with E-state index in [0.717, 1.165) is 18.8 Å². The molecule has 100 valence electrons. The molecule has 1 fully saturated rings. The summed E-state index contributed by atoms with van der Waals surface area (Å²) in [5.41, 5.74) is 1.33. The molecule has 1 aromatic rings. The lowest BCUT2D eigenvalue weighted by atomic mass is 10.0. The van der Waals surface area contributed by atoms with Crippen LogP contribution in [0.4, 0.5) is 0 Å². The van der Waals surface area contributed by atoms with Gasteiger partial charge in [0.1, 0.15) is 12.4 Å². The second-order valence-electron chi connectivity index (χ2n) is 5.07. The number of hydrogen-bond acceptors (Lipinski definition) is 3. The number of rotatable bonds is 6. The van der Waals surface area contributed by atoms with E-state index in [1.807, 2.05) is 19.1 Å². The summed E-state index contributed by atoms with van der Waals surface area (Å²) in [7, 11) is 0. The van der Waals surface area contributed by atoms with Crippen molar-refractivity contribution in [1.29, 1.82) is 0 Å². The largest absolute Gasteiger partial charge is 0.491 e. The van der Waals surface area contributed by atoms with Gasteiger partial charge in [-0.1, -0.05) is 26.0 Å². The van der Waals surface area contributed by atoms with Crippen LogP contribution >= 0.6 is 0 Å². The third kappa shape index (κ3) is 3.72. The van der Waals surface area contributed by atoms with Crippen molar-refractivity contribution in [1.82, 2.24) is 0 Å². The zero-order valence-electron chi connectivity index (χ0n) is 11.4. The molecule has 0 saturated carbocycles. The van der Waals surface area contributed by atoms with Crippen LogP contribution in [0.1, 0.15) is 38.7 Å². The van der Waals surface area contributed by atoms with E-state index in [2.05, 4.69) is 26.0 Å². The molecule has 1 aromatic carbocycles. The van der Waals surface area contributed by atoms with Gasteiger partial charge in [-0.25, -0.2) is 0 Å². The molecule has 0 spiro atoms. The molecule has 0 N–H and O–H groups in total. The minimum absolute atomic E-state index is 0.0214. The van der Waals surface area contributed by atoms with E-state index in [4.69, 9.17) is 14.2 Å². The SMILES string of the molecule is CC(COc1ccc(C(C)C)cc1)OC1CCO1. The van der Waals surface area contributed by atoms with E-state index in [-0.39, 0.29) is 12.4 Å². The first-order chi connectivity index (χ1) is 8.65. The van der Waals surface area contributed by atoms with Crippen LogP contribution in [0.15, 0.2) is 24.3 Å². The Morgan fingerprint density at radius 2 is 1.89 bits per heavy atom. The molecule has 18 heavy (non-hydrogen) atoms. The molecule has 2 unspecified atom stereocenters. The second-order valence-corrected chi connectivity index (χ2v) is 5.07. The maximum Gasteiger partial charge on any atom is 0.160 e. The van der Waals surface area contributed by atoms with Crippen LogP contribution < -0.4 is 4.74 Å². The van der Waals surface area contributed by atoms with Crippen molar-refractivity contribution in [2.24, 2.45) is 0 Å². The van der Waals surface area contributed by atoms with Gasteiger partial charge in [0.15, 0.2) is 6.29 Å². The third-order valence-electron chi connectivity index (χ3n) is 3.07. The van der Waals surface area contributed by atoms with Gasteiger partial charge in [-0.05, 0) is 30.5 Å². The predicted molar refractivity (Wildman–Crippen MR) is 70.9 cm³/mol. The lowest BCUT2D eigenvalue weighted by Crippen LogP contribution is -2.34. The Bertz CT molecular complexity index is 355. The van der Waals surface area contributed by atoms with Crippen LogP contribution in [-0.4, -0.2) is 25.6 Å². The summed E-state index contributed by atoms with van der Waals surface area (Å²) in [6.45, 7) is 7.74. The van der Waals surface area contributed by atoms with Gasteiger partial charge in [0.05, 0.1) is 12.7 Å². The van der Waals surface area contributed by atoms with Crippen LogP contribution in [0.25, 0.3) is 0 Å². The van der Waals surface area contributed by atoms with Crippen LogP contribution in [-0.2, 0) is 9.47 Å². The summed E-state index contributed by atoms with van der Waals surface area (Å²) in [6, 6.07) is 8.25. The molecule has 0 aliphatic carbocycles. The Morgan fingerprint density at radius 1 is 1.22 bits per heavy atom. The van der Waals surface area contributed by atoms with Crippen molar-refractivity contribution in [3.63, 3.8) is 0 Å². The summed E-state index contributed by atoms with van der Waals surface area (Å²) in [4.78, 5) is 0. The summed E-state index contributed by atoms with van der Waals surface area (Å²) >= 11 is 0. The summed E-state index contributed by atoms with van der Waals surface area (Å²) in [5, 5.41) is 0. The first kappa shape index (κ1) is 13.4. The van der Waals surface area contributed by atoms with Gasteiger partial charge in [0.2, 0.25) is 0 Å². The zero-order valence-corrected chi connectivity index (χ0v) is 11.4. The maximum atomic E-state index is 5.69. The third-order valence-corrected chi connectivity index (χ3v) is 3.07. The first-order valence-electron chi connectivity index (χ1n) is 6.65. The Balaban J connectivity index is 1.74. The van der Waals surface area contributed by atoms with Gasteiger partial charge >= 0.3 is 0 Å². The van der Waals surface area contributed by atoms with Crippen molar-refractivity contribution in [3.05, 3.63) is 29.8 Å². The molecule has 0 bridgehead atoms.